The zero-order valence-corrected chi connectivity index (χ0v) is 9.25. The van der Waals surface area contributed by atoms with Crippen LogP contribution in [0.25, 0.3) is 0 Å². The third kappa shape index (κ3) is 2.92. The van der Waals surface area contributed by atoms with Gasteiger partial charge in [0, 0.05) is 12.1 Å². The van der Waals surface area contributed by atoms with Gasteiger partial charge >= 0.3 is 0 Å². The lowest BCUT2D eigenvalue weighted by Crippen LogP contribution is -2.13. The minimum absolute atomic E-state index is 0.0476. The fraction of sp³-hybridized carbons (Fsp3) is 0.333. The monoisotopic (exact) mass is 230 g/mol. The molecule has 0 saturated heterocycles. The normalized spacial score (nSPS) is 11.4. The first-order valence-corrected chi connectivity index (χ1v) is 6.02. The molecule has 6 heteroatoms. The van der Waals surface area contributed by atoms with E-state index in [9.17, 15) is 8.42 Å². The van der Waals surface area contributed by atoms with Gasteiger partial charge in [-0.2, -0.15) is 0 Å². The third-order valence-corrected chi connectivity index (χ3v) is 2.79. The van der Waals surface area contributed by atoms with Gasteiger partial charge < -0.3 is 10.5 Å². The number of hydrogen-bond donors (Lipinski definition) is 2. The fourth-order valence-corrected chi connectivity index (χ4v) is 1.75. The SMILES string of the molecule is CCOc1ccc(S(N)(=O)=O)cc1CN. The maximum Gasteiger partial charge on any atom is 0.238 e. The molecule has 0 radical (unpaired) electrons. The number of benzene rings is 1. The Labute approximate surface area is 89.1 Å². The number of hydrogen-bond acceptors (Lipinski definition) is 4. The summed E-state index contributed by atoms with van der Waals surface area (Å²) in [6, 6.07) is 4.39. The van der Waals surface area contributed by atoms with Crippen molar-refractivity contribution in [3.8, 4) is 5.75 Å². The van der Waals surface area contributed by atoms with Crippen molar-refractivity contribution in [3.63, 3.8) is 0 Å². The van der Waals surface area contributed by atoms with Crippen LogP contribution in [-0.2, 0) is 16.6 Å². The summed E-state index contributed by atoms with van der Waals surface area (Å²) in [4.78, 5) is 0.0476. The van der Waals surface area contributed by atoms with Crippen molar-refractivity contribution in [1.82, 2.24) is 0 Å². The number of primary sulfonamides is 1. The lowest BCUT2D eigenvalue weighted by atomic mass is 10.2. The zero-order valence-electron chi connectivity index (χ0n) is 8.43. The number of ether oxygens (including phenoxy) is 1. The second kappa shape index (κ2) is 4.61. The minimum Gasteiger partial charge on any atom is -0.494 e. The van der Waals surface area contributed by atoms with E-state index >= 15 is 0 Å². The van der Waals surface area contributed by atoms with Crippen LogP contribution in [0.3, 0.4) is 0 Å². The summed E-state index contributed by atoms with van der Waals surface area (Å²) in [5.41, 5.74) is 6.11. The molecule has 0 amide bonds. The van der Waals surface area contributed by atoms with E-state index in [1.54, 1.807) is 6.07 Å². The molecule has 84 valence electrons. The molecule has 0 spiro atoms. The Morgan fingerprint density at radius 3 is 2.53 bits per heavy atom. The zero-order chi connectivity index (χ0) is 11.5. The smallest absolute Gasteiger partial charge is 0.238 e. The number of rotatable bonds is 4. The average molecular weight is 230 g/mol. The van der Waals surface area contributed by atoms with Gasteiger partial charge in [-0.25, -0.2) is 13.6 Å². The Morgan fingerprint density at radius 1 is 1.40 bits per heavy atom. The van der Waals surface area contributed by atoms with Crippen LogP contribution < -0.4 is 15.6 Å². The molecular weight excluding hydrogens is 216 g/mol. The molecule has 1 aromatic carbocycles. The molecule has 4 N–H and O–H groups in total. The van der Waals surface area contributed by atoms with Crippen molar-refractivity contribution >= 4 is 10.0 Å². The van der Waals surface area contributed by atoms with Crippen LogP contribution >= 0.6 is 0 Å². The van der Waals surface area contributed by atoms with Crippen LogP contribution in [0.1, 0.15) is 12.5 Å². The van der Waals surface area contributed by atoms with Crippen LogP contribution in [0.4, 0.5) is 0 Å². The van der Waals surface area contributed by atoms with Gasteiger partial charge in [0.2, 0.25) is 10.0 Å². The van der Waals surface area contributed by atoms with Crippen LogP contribution in [0.15, 0.2) is 23.1 Å². The molecule has 0 unspecified atom stereocenters. The van der Waals surface area contributed by atoms with Crippen molar-refractivity contribution in [2.75, 3.05) is 6.61 Å². The summed E-state index contributed by atoms with van der Waals surface area (Å²) in [7, 11) is -3.68. The van der Waals surface area contributed by atoms with Crippen molar-refractivity contribution in [2.45, 2.75) is 18.4 Å². The molecule has 1 aromatic rings. The molecule has 0 aromatic heterocycles. The second-order valence-electron chi connectivity index (χ2n) is 2.95. The van der Waals surface area contributed by atoms with Gasteiger partial charge in [-0.15, -0.1) is 0 Å². The number of nitrogens with two attached hydrogens (primary N) is 2. The van der Waals surface area contributed by atoms with E-state index in [0.29, 0.717) is 17.9 Å². The first-order chi connectivity index (χ1) is 6.99. The second-order valence-corrected chi connectivity index (χ2v) is 4.51. The van der Waals surface area contributed by atoms with Gasteiger partial charge in [0.15, 0.2) is 0 Å². The van der Waals surface area contributed by atoms with E-state index in [1.165, 1.54) is 12.1 Å². The molecule has 0 aliphatic heterocycles. The summed E-state index contributed by atoms with van der Waals surface area (Å²) in [5.74, 6) is 0.590. The predicted molar refractivity (Wildman–Crippen MR) is 56.9 cm³/mol. The van der Waals surface area contributed by atoms with Gasteiger partial charge in [0.1, 0.15) is 5.75 Å². The highest BCUT2D eigenvalue weighted by Crippen LogP contribution is 2.21. The maximum absolute atomic E-state index is 11.1. The molecule has 0 aliphatic rings. The average Bonchev–Trinajstić information content (AvgIpc) is 2.17. The Kier molecular flexibility index (Phi) is 3.67. The Balaban J connectivity index is 3.19. The molecule has 1 rings (SSSR count). The summed E-state index contributed by atoms with van der Waals surface area (Å²) < 4.78 is 27.4. The van der Waals surface area contributed by atoms with Gasteiger partial charge in [0.25, 0.3) is 0 Å². The van der Waals surface area contributed by atoms with Crippen LogP contribution in [0.5, 0.6) is 5.75 Å². The van der Waals surface area contributed by atoms with Crippen molar-refractivity contribution < 1.29 is 13.2 Å². The quantitative estimate of drug-likeness (QED) is 0.771. The van der Waals surface area contributed by atoms with E-state index < -0.39 is 10.0 Å². The van der Waals surface area contributed by atoms with Crippen molar-refractivity contribution in [1.29, 1.82) is 0 Å². The first-order valence-electron chi connectivity index (χ1n) is 4.47. The lowest BCUT2D eigenvalue weighted by Gasteiger charge is -2.09. The molecule has 15 heavy (non-hydrogen) atoms. The highest BCUT2D eigenvalue weighted by atomic mass is 32.2. The molecule has 0 bridgehead atoms. The molecule has 0 heterocycles. The van der Waals surface area contributed by atoms with Crippen molar-refractivity contribution in [3.05, 3.63) is 23.8 Å². The lowest BCUT2D eigenvalue weighted by molar-refractivity contribution is 0.336. The van der Waals surface area contributed by atoms with E-state index in [1.807, 2.05) is 6.92 Å². The summed E-state index contributed by atoms with van der Waals surface area (Å²) >= 11 is 0. The number of sulfonamides is 1. The van der Waals surface area contributed by atoms with Gasteiger partial charge in [-0.05, 0) is 25.1 Å². The summed E-state index contributed by atoms with van der Waals surface area (Å²) in [6.45, 7) is 2.55. The van der Waals surface area contributed by atoms with E-state index in [2.05, 4.69) is 0 Å². The molecule has 0 saturated carbocycles. The van der Waals surface area contributed by atoms with Gasteiger partial charge in [0.05, 0.1) is 11.5 Å². The van der Waals surface area contributed by atoms with E-state index in [0.717, 1.165) is 0 Å². The van der Waals surface area contributed by atoms with Gasteiger partial charge in [-0.1, -0.05) is 0 Å². The topological polar surface area (TPSA) is 95.4 Å². The Bertz CT molecular complexity index is 443. The summed E-state index contributed by atoms with van der Waals surface area (Å²) in [5, 5.41) is 4.99. The fourth-order valence-electron chi connectivity index (χ4n) is 1.19. The molecular formula is C9H14N2O3S. The highest BCUT2D eigenvalue weighted by molar-refractivity contribution is 7.89. The Morgan fingerprint density at radius 2 is 2.07 bits per heavy atom. The molecule has 0 atom stereocenters. The molecule has 0 aliphatic carbocycles. The van der Waals surface area contributed by atoms with Crippen molar-refractivity contribution in [2.24, 2.45) is 10.9 Å². The van der Waals surface area contributed by atoms with Crippen LogP contribution in [0.2, 0.25) is 0 Å². The maximum atomic E-state index is 11.1. The standard InChI is InChI=1S/C9H14N2O3S/c1-2-14-9-4-3-8(15(11,12)13)5-7(9)6-10/h3-5H,2,6,10H2,1H3,(H2,11,12,13). The Hall–Kier alpha value is -1.11. The largest absolute Gasteiger partial charge is 0.494 e. The third-order valence-electron chi connectivity index (χ3n) is 1.88. The highest BCUT2D eigenvalue weighted by Gasteiger charge is 2.11. The van der Waals surface area contributed by atoms with E-state index in [-0.39, 0.29) is 11.4 Å². The minimum atomic E-state index is -3.68. The predicted octanol–water partition coefficient (Wildman–Crippen LogP) is 0.191. The van der Waals surface area contributed by atoms with Crippen LogP contribution in [-0.4, -0.2) is 15.0 Å². The first kappa shape index (κ1) is 12.0. The van der Waals surface area contributed by atoms with Gasteiger partial charge in [-0.3, -0.25) is 0 Å². The summed E-state index contributed by atoms with van der Waals surface area (Å²) in [6.07, 6.45) is 0. The van der Waals surface area contributed by atoms with Crippen LogP contribution in [0, 0.1) is 0 Å². The van der Waals surface area contributed by atoms with E-state index in [4.69, 9.17) is 15.6 Å². The molecule has 0 fully saturated rings. The molecule has 5 nitrogen and oxygen atoms in total.